The van der Waals surface area contributed by atoms with Crippen molar-refractivity contribution in [2.45, 2.75) is 44.6 Å². The van der Waals surface area contributed by atoms with Crippen molar-refractivity contribution in [3.8, 4) is 5.88 Å². The minimum absolute atomic E-state index is 0.544. The van der Waals surface area contributed by atoms with Crippen LogP contribution in [0.3, 0.4) is 0 Å². The van der Waals surface area contributed by atoms with E-state index in [0.717, 1.165) is 17.5 Å². The van der Waals surface area contributed by atoms with Crippen LogP contribution in [0.4, 0.5) is 5.69 Å². The van der Waals surface area contributed by atoms with Crippen molar-refractivity contribution in [2.24, 2.45) is 11.8 Å². The van der Waals surface area contributed by atoms with Gasteiger partial charge in [-0.3, -0.25) is 0 Å². The van der Waals surface area contributed by atoms with Crippen LogP contribution in [-0.2, 0) is 4.74 Å². The molecule has 0 bridgehead atoms. The van der Waals surface area contributed by atoms with Crippen LogP contribution in [0, 0.1) is 11.8 Å². The second kappa shape index (κ2) is 7.12. The molecule has 2 aliphatic rings. The minimum atomic E-state index is 0.544. The van der Waals surface area contributed by atoms with E-state index in [1.165, 1.54) is 38.5 Å². The number of ether oxygens (including phenoxy) is 2. The van der Waals surface area contributed by atoms with E-state index in [1.807, 2.05) is 12.3 Å². The predicted molar refractivity (Wildman–Crippen MR) is 83.7 cm³/mol. The largest absolute Gasteiger partial charge is 0.475 e. The van der Waals surface area contributed by atoms with E-state index in [1.54, 1.807) is 7.11 Å². The van der Waals surface area contributed by atoms with Gasteiger partial charge >= 0.3 is 0 Å². The van der Waals surface area contributed by atoms with Crippen LogP contribution in [0.2, 0.25) is 0 Å². The average Bonchev–Trinajstić information content (AvgIpc) is 3.34. The SMILES string of the molecule is COCCOc1ccc(NC2CCCC(C3CC3)C2)cn1. The molecule has 2 aliphatic carbocycles. The summed E-state index contributed by atoms with van der Waals surface area (Å²) in [6.45, 7) is 1.13. The van der Waals surface area contributed by atoms with Gasteiger partial charge in [-0.05, 0) is 43.6 Å². The smallest absolute Gasteiger partial charge is 0.213 e. The van der Waals surface area contributed by atoms with Gasteiger partial charge in [0.05, 0.1) is 18.5 Å². The Labute approximate surface area is 127 Å². The Morgan fingerprint density at radius 3 is 2.76 bits per heavy atom. The molecule has 2 unspecified atom stereocenters. The summed E-state index contributed by atoms with van der Waals surface area (Å²) >= 11 is 0. The van der Waals surface area contributed by atoms with Gasteiger partial charge < -0.3 is 14.8 Å². The van der Waals surface area contributed by atoms with Crippen LogP contribution in [0.15, 0.2) is 18.3 Å². The predicted octanol–water partition coefficient (Wildman–Crippen LogP) is 3.49. The molecule has 4 nitrogen and oxygen atoms in total. The molecule has 3 rings (SSSR count). The van der Waals surface area contributed by atoms with Gasteiger partial charge in [-0.25, -0.2) is 4.98 Å². The highest BCUT2D eigenvalue weighted by Crippen LogP contribution is 2.44. The lowest BCUT2D eigenvalue weighted by Gasteiger charge is -2.30. The number of methoxy groups -OCH3 is 1. The monoisotopic (exact) mass is 290 g/mol. The Kier molecular flexibility index (Phi) is 4.96. The number of pyridine rings is 1. The van der Waals surface area contributed by atoms with Crippen molar-refractivity contribution in [1.82, 2.24) is 4.98 Å². The van der Waals surface area contributed by atoms with Gasteiger partial charge in [0.1, 0.15) is 6.61 Å². The summed E-state index contributed by atoms with van der Waals surface area (Å²) < 4.78 is 10.4. The van der Waals surface area contributed by atoms with Crippen LogP contribution >= 0.6 is 0 Å². The highest BCUT2D eigenvalue weighted by atomic mass is 16.5. The van der Waals surface area contributed by atoms with E-state index < -0.39 is 0 Å². The van der Waals surface area contributed by atoms with E-state index in [-0.39, 0.29) is 0 Å². The van der Waals surface area contributed by atoms with Gasteiger partial charge in [-0.2, -0.15) is 0 Å². The molecule has 2 saturated carbocycles. The normalized spacial score (nSPS) is 25.6. The van der Waals surface area contributed by atoms with Crippen molar-refractivity contribution in [1.29, 1.82) is 0 Å². The van der Waals surface area contributed by atoms with Crippen molar-refractivity contribution < 1.29 is 9.47 Å². The standard InChI is InChI=1S/C17H26N2O2/c1-20-9-10-21-17-8-7-16(12-18-17)19-15-4-2-3-14(11-15)13-5-6-13/h7-8,12-15,19H,2-6,9-11H2,1H3. The van der Waals surface area contributed by atoms with Gasteiger partial charge in [-0.1, -0.05) is 12.8 Å². The Balaban J connectivity index is 1.47. The molecule has 21 heavy (non-hydrogen) atoms. The molecule has 2 fully saturated rings. The lowest BCUT2D eigenvalue weighted by molar-refractivity contribution is 0.144. The number of nitrogens with zero attached hydrogens (tertiary/aromatic N) is 1. The van der Waals surface area contributed by atoms with Gasteiger partial charge in [0, 0.05) is 19.2 Å². The number of aromatic nitrogens is 1. The Morgan fingerprint density at radius 1 is 1.14 bits per heavy atom. The molecule has 0 saturated heterocycles. The Hall–Kier alpha value is -1.29. The Bertz CT molecular complexity index is 431. The number of hydrogen-bond acceptors (Lipinski definition) is 4. The van der Waals surface area contributed by atoms with Crippen LogP contribution in [0.1, 0.15) is 38.5 Å². The molecule has 0 spiro atoms. The third-order valence-electron chi connectivity index (χ3n) is 4.65. The lowest BCUT2D eigenvalue weighted by Crippen LogP contribution is -2.28. The quantitative estimate of drug-likeness (QED) is 0.781. The highest BCUT2D eigenvalue weighted by Gasteiger charge is 2.34. The number of hydrogen-bond donors (Lipinski definition) is 1. The molecule has 1 N–H and O–H groups in total. The zero-order valence-electron chi connectivity index (χ0n) is 12.9. The molecule has 116 valence electrons. The molecule has 4 heteroatoms. The van der Waals surface area contributed by atoms with Gasteiger partial charge in [-0.15, -0.1) is 0 Å². The van der Waals surface area contributed by atoms with E-state index in [4.69, 9.17) is 9.47 Å². The second-order valence-electron chi connectivity index (χ2n) is 6.33. The first-order valence-electron chi connectivity index (χ1n) is 8.19. The number of nitrogens with one attached hydrogen (secondary N) is 1. The lowest BCUT2D eigenvalue weighted by atomic mass is 9.82. The third kappa shape index (κ3) is 4.34. The first-order chi connectivity index (χ1) is 10.3. The summed E-state index contributed by atoms with van der Waals surface area (Å²) in [7, 11) is 1.67. The minimum Gasteiger partial charge on any atom is -0.475 e. The maximum Gasteiger partial charge on any atom is 0.213 e. The molecule has 0 aromatic carbocycles. The Morgan fingerprint density at radius 2 is 2.05 bits per heavy atom. The summed E-state index contributed by atoms with van der Waals surface area (Å²) in [4.78, 5) is 4.34. The summed E-state index contributed by atoms with van der Waals surface area (Å²) in [5.41, 5.74) is 1.11. The summed E-state index contributed by atoms with van der Waals surface area (Å²) in [5, 5.41) is 3.65. The maximum atomic E-state index is 5.48. The van der Waals surface area contributed by atoms with Crippen LogP contribution < -0.4 is 10.1 Å². The maximum absolute atomic E-state index is 5.48. The second-order valence-corrected chi connectivity index (χ2v) is 6.33. The molecule has 1 aromatic rings. The van der Waals surface area contributed by atoms with Crippen molar-refractivity contribution in [3.63, 3.8) is 0 Å². The fourth-order valence-corrected chi connectivity index (χ4v) is 3.37. The summed E-state index contributed by atoms with van der Waals surface area (Å²) in [6, 6.07) is 4.61. The number of rotatable bonds is 7. The molecule has 0 radical (unpaired) electrons. The molecule has 0 amide bonds. The molecule has 0 aliphatic heterocycles. The third-order valence-corrected chi connectivity index (χ3v) is 4.65. The molecule has 1 heterocycles. The summed E-state index contributed by atoms with van der Waals surface area (Å²) in [5.74, 6) is 2.65. The topological polar surface area (TPSA) is 43.4 Å². The van der Waals surface area contributed by atoms with Crippen LogP contribution in [-0.4, -0.2) is 31.3 Å². The molecular weight excluding hydrogens is 264 g/mol. The highest BCUT2D eigenvalue weighted by molar-refractivity contribution is 5.43. The first kappa shape index (κ1) is 14.6. The fourth-order valence-electron chi connectivity index (χ4n) is 3.37. The van der Waals surface area contributed by atoms with Crippen molar-refractivity contribution in [2.75, 3.05) is 25.6 Å². The summed E-state index contributed by atoms with van der Waals surface area (Å²) in [6.07, 6.45) is 10.2. The van der Waals surface area contributed by atoms with Gasteiger partial charge in [0.15, 0.2) is 0 Å². The number of anilines is 1. The van der Waals surface area contributed by atoms with E-state index >= 15 is 0 Å². The average molecular weight is 290 g/mol. The molecular formula is C17H26N2O2. The molecule has 1 aromatic heterocycles. The van der Waals surface area contributed by atoms with Gasteiger partial charge in [0.2, 0.25) is 5.88 Å². The first-order valence-corrected chi connectivity index (χ1v) is 8.19. The van der Waals surface area contributed by atoms with Gasteiger partial charge in [0.25, 0.3) is 0 Å². The van der Waals surface area contributed by atoms with E-state index in [2.05, 4.69) is 16.4 Å². The van der Waals surface area contributed by atoms with E-state index in [9.17, 15) is 0 Å². The van der Waals surface area contributed by atoms with Crippen molar-refractivity contribution in [3.05, 3.63) is 18.3 Å². The zero-order chi connectivity index (χ0) is 14.5. The van der Waals surface area contributed by atoms with Crippen molar-refractivity contribution >= 4 is 5.69 Å². The van der Waals surface area contributed by atoms with Crippen LogP contribution in [0.5, 0.6) is 5.88 Å². The van der Waals surface area contributed by atoms with Crippen LogP contribution in [0.25, 0.3) is 0 Å². The van der Waals surface area contributed by atoms with E-state index in [0.29, 0.717) is 25.1 Å². The molecule has 2 atom stereocenters. The zero-order valence-corrected chi connectivity index (χ0v) is 12.9. The fraction of sp³-hybridized carbons (Fsp3) is 0.706.